The summed E-state index contributed by atoms with van der Waals surface area (Å²) in [6, 6.07) is 3.12. The molecule has 1 aromatic rings. The van der Waals surface area contributed by atoms with E-state index in [4.69, 9.17) is 10.5 Å². The Morgan fingerprint density at radius 3 is 2.88 bits per heavy atom. The number of fused-ring (bicyclic) bond motifs is 1. The third-order valence-corrected chi connectivity index (χ3v) is 3.25. The maximum atomic E-state index is 13.8. The summed E-state index contributed by atoms with van der Waals surface area (Å²) in [5.74, 6) is 0.577. The highest BCUT2D eigenvalue weighted by Gasteiger charge is 2.32. The van der Waals surface area contributed by atoms with Gasteiger partial charge in [-0.2, -0.15) is 0 Å². The molecule has 1 aromatic carbocycles. The number of halogens is 1. The van der Waals surface area contributed by atoms with Crippen LogP contribution in [0.4, 0.5) is 4.39 Å². The van der Waals surface area contributed by atoms with Gasteiger partial charge in [-0.3, -0.25) is 4.90 Å². The van der Waals surface area contributed by atoms with E-state index in [1.807, 2.05) is 0 Å². The summed E-state index contributed by atoms with van der Waals surface area (Å²) in [7, 11) is 1.61. The molecule has 0 spiro atoms. The lowest BCUT2D eigenvalue weighted by Crippen LogP contribution is -2.27. The zero-order valence-corrected chi connectivity index (χ0v) is 9.66. The summed E-state index contributed by atoms with van der Waals surface area (Å²) in [6.45, 7) is 4.07. The van der Waals surface area contributed by atoms with Crippen LogP contribution in [-0.2, 0) is 6.54 Å². The van der Waals surface area contributed by atoms with Crippen molar-refractivity contribution in [2.75, 3.05) is 20.2 Å². The van der Waals surface area contributed by atoms with E-state index in [2.05, 4.69) is 11.8 Å². The second kappa shape index (κ2) is 4.39. The van der Waals surface area contributed by atoms with Gasteiger partial charge in [0.05, 0.1) is 13.2 Å². The minimum Gasteiger partial charge on any atom is -0.496 e. The predicted octanol–water partition coefficient (Wildman–Crippen LogP) is 1.67. The molecule has 0 radical (unpaired) electrons. The minimum atomic E-state index is -0.179. The molecule has 3 nitrogen and oxygen atoms in total. The summed E-state index contributed by atoms with van der Waals surface area (Å²) >= 11 is 0. The highest BCUT2D eigenvalue weighted by molar-refractivity contribution is 5.45. The van der Waals surface area contributed by atoms with Gasteiger partial charge in [-0.25, -0.2) is 4.39 Å². The predicted molar refractivity (Wildman–Crippen MR) is 60.8 cm³/mol. The van der Waals surface area contributed by atoms with Crippen LogP contribution in [0.5, 0.6) is 5.75 Å². The number of nitrogens with two attached hydrogens (primary N) is 1. The van der Waals surface area contributed by atoms with Crippen molar-refractivity contribution in [3.05, 3.63) is 29.1 Å². The number of benzene rings is 1. The molecule has 16 heavy (non-hydrogen) atoms. The van der Waals surface area contributed by atoms with Crippen molar-refractivity contribution in [1.82, 2.24) is 4.90 Å². The molecule has 1 atom stereocenters. The number of ether oxygens (including phenoxy) is 1. The van der Waals surface area contributed by atoms with Gasteiger partial charge >= 0.3 is 0 Å². The van der Waals surface area contributed by atoms with E-state index in [1.54, 1.807) is 13.2 Å². The van der Waals surface area contributed by atoms with E-state index >= 15 is 0 Å². The number of hydrogen-bond donors (Lipinski definition) is 1. The van der Waals surface area contributed by atoms with Gasteiger partial charge in [0.1, 0.15) is 11.6 Å². The van der Waals surface area contributed by atoms with Gasteiger partial charge in [0.15, 0.2) is 0 Å². The normalized spacial score (nSPS) is 19.9. The van der Waals surface area contributed by atoms with Crippen LogP contribution in [0.2, 0.25) is 0 Å². The van der Waals surface area contributed by atoms with Crippen LogP contribution in [0.3, 0.4) is 0 Å². The molecule has 1 heterocycles. The Morgan fingerprint density at radius 2 is 2.31 bits per heavy atom. The Balaban J connectivity index is 2.51. The van der Waals surface area contributed by atoms with Gasteiger partial charge in [0.25, 0.3) is 0 Å². The average molecular weight is 224 g/mol. The summed E-state index contributed by atoms with van der Waals surface area (Å²) in [5.41, 5.74) is 7.38. The Kier molecular flexibility index (Phi) is 3.12. The van der Waals surface area contributed by atoms with Gasteiger partial charge in [0.2, 0.25) is 0 Å². The van der Waals surface area contributed by atoms with Crippen LogP contribution >= 0.6 is 0 Å². The smallest absolute Gasteiger partial charge is 0.128 e. The van der Waals surface area contributed by atoms with Crippen molar-refractivity contribution in [3.8, 4) is 5.75 Å². The molecule has 88 valence electrons. The molecule has 0 aliphatic carbocycles. The summed E-state index contributed by atoms with van der Waals surface area (Å²) in [6.07, 6.45) is 0. The molecule has 0 fully saturated rings. The largest absolute Gasteiger partial charge is 0.496 e. The fraction of sp³-hybridized carbons (Fsp3) is 0.500. The highest BCUT2D eigenvalue weighted by atomic mass is 19.1. The van der Waals surface area contributed by atoms with Crippen LogP contribution in [0.25, 0.3) is 0 Å². The van der Waals surface area contributed by atoms with E-state index in [1.165, 1.54) is 6.07 Å². The first-order chi connectivity index (χ1) is 7.72. The van der Waals surface area contributed by atoms with E-state index in [0.717, 1.165) is 17.9 Å². The molecule has 0 amide bonds. The van der Waals surface area contributed by atoms with Crippen LogP contribution in [0.15, 0.2) is 12.1 Å². The van der Waals surface area contributed by atoms with Crippen LogP contribution < -0.4 is 10.5 Å². The fourth-order valence-corrected chi connectivity index (χ4v) is 2.43. The van der Waals surface area contributed by atoms with Gasteiger partial charge in [-0.1, -0.05) is 6.92 Å². The Labute approximate surface area is 95.0 Å². The van der Waals surface area contributed by atoms with Gasteiger partial charge in [-0.05, 0) is 18.7 Å². The molecule has 4 heteroatoms. The van der Waals surface area contributed by atoms with E-state index in [-0.39, 0.29) is 11.9 Å². The molecule has 2 rings (SSSR count). The first kappa shape index (κ1) is 11.4. The first-order valence-corrected chi connectivity index (χ1v) is 5.52. The molecule has 1 aliphatic rings. The average Bonchev–Trinajstić information content (AvgIpc) is 2.69. The Hall–Kier alpha value is -1.13. The van der Waals surface area contributed by atoms with Crippen molar-refractivity contribution >= 4 is 0 Å². The monoisotopic (exact) mass is 224 g/mol. The number of nitrogens with zero attached hydrogens (tertiary/aromatic N) is 1. The fourth-order valence-electron chi connectivity index (χ4n) is 2.43. The molecule has 0 saturated carbocycles. The lowest BCUT2D eigenvalue weighted by molar-refractivity contribution is 0.229. The maximum Gasteiger partial charge on any atom is 0.128 e. The van der Waals surface area contributed by atoms with Crippen molar-refractivity contribution in [3.63, 3.8) is 0 Å². The SMILES string of the molecule is CCN1Cc2c(OC)ccc(F)c2C1CN. The van der Waals surface area contributed by atoms with Gasteiger partial charge < -0.3 is 10.5 Å². The third-order valence-electron chi connectivity index (χ3n) is 3.25. The summed E-state index contributed by atoms with van der Waals surface area (Å²) in [5, 5.41) is 0. The van der Waals surface area contributed by atoms with Crippen molar-refractivity contribution in [2.45, 2.75) is 19.5 Å². The van der Waals surface area contributed by atoms with Crippen molar-refractivity contribution < 1.29 is 9.13 Å². The molecule has 2 N–H and O–H groups in total. The number of hydrogen-bond acceptors (Lipinski definition) is 3. The van der Waals surface area contributed by atoms with Crippen LogP contribution in [0, 0.1) is 5.82 Å². The number of likely N-dealkylation sites (N-methyl/N-ethyl adjacent to an activating group) is 1. The summed E-state index contributed by atoms with van der Waals surface area (Å²) in [4.78, 5) is 2.16. The van der Waals surface area contributed by atoms with Crippen molar-refractivity contribution in [2.24, 2.45) is 5.73 Å². The molecular formula is C12H17FN2O. The maximum absolute atomic E-state index is 13.8. The van der Waals surface area contributed by atoms with E-state index in [9.17, 15) is 4.39 Å². The summed E-state index contributed by atoms with van der Waals surface area (Å²) < 4.78 is 19.1. The molecular weight excluding hydrogens is 207 g/mol. The zero-order valence-electron chi connectivity index (χ0n) is 9.66. The Bertz CT molecular complexity index is 395. The third kappa shape index (κ3) is 1.58. The first-order valence-electron chi connectivity index (χ1n) is 5.52. The standard InChI is InChI=1S/C12H17FN2O/c1-3-15-7-8-11(16-2)5-4-9(13)12(8)10(15)6-14/h4-5,10H,3,6-7,14H2,1-2H3. The van der Waals surface area contributed by atoms with E-state index in [0.29, 0.717) is 18.7 Å². The second-order valence-corrected chi connectivity index (χ2v) is 3.96. The van der Waals surface area contributed by atoms with Gasteiger partial charge in [0, 0.05) is 24.2 Å². The highest BCUT2D eigenvalue weighted by Crippen LogP contribution is 2.39. The number of methoxy groups -OCH3 is 1. The van der Waals surface area contributed by atoms with Gasteiger partial charge in [-0.15, -0.1) is 0 Å². The molecule has 0 bridgehead atoms. The van der Waals surface area contributed by atoms with Crippen LogP contribution in [-0.4, -0.2) is 25.1 Å². The van der Waals surface area contributed by atoms with Crippen molar-refractivity contribution in [1.29, 1.82) is 0 Å². The number of rotatable bonds is 3. The topological polar surface area (TPSA) is 38.5 Å². The van der Waals surface area contributed by atoms with E-state index < -0.39 is 0 Å². The molecule has 0 saturated heterocycles. The lowest BCUT2D eigenvalue weighted by Gasteiger charge is -2.21. The quantitative estimate of drug-likeness (QED) is 0.848. The second-order valence-electron chi connectivity index (χ2n) is 3.96. The van der Waals surface area contributed by atoms with Crippen LogP contribution in [0.1, 0.15) is 24.1 Å². The molecule has 1 aliphatic heterocycles. The lowest BCUT2D eigenvalue weighted by atomic mass is 10.0. The minimum absolute atomic E-state index is 0.0184. The molecule has 1 unspecified atom stereocenters. The zero-order chi connectivity index (χ0) is 11.7. The molecule has 0 aromatic heterocycles. The Morgan fingerprint density at radius 1 is 1.56 bits per heavy atom.